The largest absolute Gasteiger partial charge is 0.285 e. The SMILES string of the molecule is Cc1c([C]=O)cc([N+](=O)[O-])cc1[N+](=O)[O-]. The minimum Gasteiger partial charge on any atom is -0.285 e. The van der Waals surface area contributed by atoms with E-state index in [1.54, 1.807) is 0 Å². The van der Waals surface area contributed by atoms with Gasteiger partial charge in [-0.1, -0.05) is 0 Å². The predicted octanol–water partition coefficient (Wildman–Crippen LogP) is 1.27. The van der Waals surface area contributed by atoms with Gasteiger partial charge in [-0.3, -0.25) is 25.0 Å². The Labute approximate surface area is 83.6 Å². The molecule has 1 rings (SSSR count). The molecule has 15 heavy (non-hydrogen) atoms. The number of hydrogen-bond donors (Lipinski definition) is 0. The summed E-state index contributed by atoms with van der Waals surface area (Å²) in [6.07, 6.45) is 1.43. The maximum absolute atomic E-state index is 10.5. The molecule has 0 spiro atoms. The van der Waals surface area contributed by atoms with Gasteiger partial charge in [-0.2, -0.15) is 0 Å². The Morgan fingerprint density at radius 3 is 2.20 bits per heavy atom. The second kappa shape index (κ2) is 3.82. The molecule has 7 nitrogen and oxygen atoms in total. The zero-order valence-electron chi connectivity index (χ0n) is 7.59. The molecule has 77 valence electrons. The molecule has 7 heteroatoms. The summed E-state index contributed by atoms with van der Waals surface area (Å²) in [4.78, 5) is 29.8. The highest BCUT2D eigenvalue weighted by Crippen LogP contribution is 2.26. The zero-order valence-corrected chi connectivity index (χ0v) is 7.59. The second-order valence-corrected chi connectivity index (χ2v) is 2.75. The lowest BCUT2D eigenvalue weighted by Crippen LogP contribution is -1.99. The van der Waals surface area contributed by atoms with Crippen molar-refractivity contribution in [3.05, 3.63) is 43.5 Å². The monoisotopic (exact) mass is 209 g/mol. The van der Waals surface area contributed by atoms with Crippen LogP contribution in [-0.4, -0.2) is 16.1 Å². The molecule has 0 atom stereocenters. The smallest absolute Gasteiger partial charge is 0.279 e. The Morgan fingerprint density at radius 2 is 1.80 bits per heavy atom. The number of benzene rings is 1. The van der Waals surface area contributed by atoms with Crippen molar-refractivity contribution in [3.8, 4) is 0 Å². The highest BCUT2D eigenvalue weighted by atomic mass is 16.6. The molecule has 0 aromatic heterocycles. The number of rotatable bonds is 3. The van der Waals surface area contributed by atoms with Crippen LogP contribution in [0.5, 0.6) is 0 Å². The quantitative estimate of drug-likeness (QED) is 0.550. The number of nitro benzene ring substituents is 2. The fraction of sp³-hybridized carbons (Fsp3) is 0.125. The molecule has 0 unspecified atom stereocenters. The average molecular weight is 209 g/mol. The highest BCUT2D eigenvalue weighted by Gasteiger charge is 2.21. The van der Waals surface area contributed by atoms with Crippen LogP contribution in [0.1, 0.15) is 11.1 Å². The molecule has 0 heterocycles. The lowest BCUT2D eigenvalue weighted by Gasteiger charge is -1.99. The molecule has 1 aromatic carbocycles. The minimum atomic E-state index is -0.798. The standard InChI is InChI=1S/C8H5N2O5/c1-5-6(4-11)2-7(9(12)13)3-8(5)10(14)15/h2-3H,1H3. The van der Waals surface area contributed by atoms with Crippen molar-refractivity contribution >= 4 is 17.7 Å². The van der Waals surface area contributed by atoms with Crippen LogP contribution in [0.2, 0.25) is 0 Å². The Bertz CT molecular complexity index is 455. The van der Waals surface area contributed by atoms with Gasteiger partial charge in [-0.15, -0.1) is 0 Å². The fourth-order valence-electron chi connectivity index (χ4n) is 1.09. The van der Waals surface area contributed by atoms with Gasteiger partial charge in [0.15, 0.2) is 0 Å². The lowest BCUT2D eigenvalue weighted by atomic mass is 10.1. The number of nitro groups is 2. The van der Waals surface area contributed by atoms with Gasteiger partial charge >= 0.3 is 0 Å². The Hall–Kier alpha value is -2.31. The summed E-state index contributed by atoms with van der Waals surface area (Å²) in [5.74, 6) is 0. The molecule has 1 aromatic rings. The topological polar surface area (TPSA) is 103 Å². The molecule has 0 aliphatic heterocycles. The van der Waals surface area contributed by atoms with Crippen molar-refractivity contribution in [2.45, 2.75) is 6.92 Å². The lowest BCUT2D eigenvalue weighted by molar-refractivity contribution is -0.394. The first kappa shape index (κ1) is 10.8. The Kier molecular flexibility index (Phi) is 2.75. The number of hydrogen-bond acceptors (Lipinski definition) is 5. The molecule has 0 aliphatic carbocycles. The van der Waals surface area contributed by atoms with E-state index >= 15 is 0 Å². The molecular weight excluding hydrogens is 204 g/mol. The summed E-state index contributed by atoms with van der Waals surface area (Å²) in [7, 11) is 0. The summed E-state index contributed by atoms with van der Waals surface area (Å²) in [5.41, 5.74) is -1.05. The van der Waals surface area contributed by atoms with Gasteiger partial charge in [0.1, 0.15) is 0 Å². The Morgan fingerprint density at radius 1 is 1.20 bits per heavy atom. The summed E-state index contributed by atoms with van der Waals surface area (Å²) in [6, 6.07) is 1.77. The third-order valence-corrected chi connectivity index (χ3v) is 1.88. The summed E-state index contributed by atoms with van der Waals surface area (Å²) >= 11 is 0. The van der Waals surface area contributed by atoms with Gasteiger partial charge in [0, 0.05) is 17.2 Å². The number of carbonyl (C=O) groups excluding carboxylic acids is 1. The van der Waals surface area contributed by atoms with Gasteiger partial charge in [0.05, 0.1) is 15.9 Å². The van der Waals surface area contributed by atoms with E-state index in [2.05, 4.69) is 0 Å². The van der Waals surface area contributed by atoms with Gasteiger partial charge in [0.2, 0.25) is 6.29 Å². The molecule has 0 bridgehead atoms. The molecule has 0 amide bonds. The number of non-ortho nitro benzene ring substituents is 1. The average Bonchev–Trinajstić information content (AvgIpc) is 2.17. The van der Waals surface area contributed by atoms with Crippen LogP contribution in [0.3, 0.4) is 0 Å². The third-order valence-electron chi connectivity index (χ3n) is 1.88. The van der Waals surface area contributed by atoms with E-state index in [9.17, 15) is 25.0 Å². The highest BCUT2D eigenvalue weighted by molar-refractivity contribution is 5.81. The van der Waals surface area contributed by atoms with Gasteiger partial charge in [-0.05, 0) is 6.92 Å². The van der Waals surface area contributed by atoms with Crippen LogP contribution in [0.25, 0.3) is 0 Å². The molecular formula is C8H5N2O5. The van der Waals surface area contributed by atoms with Crippen LogP contribution in [-0.2, 0) is 4.79 Å². The van der Waals surface area contributed by atoms with Crippen LogP contribution in [0.15, 0.2) is 12.1 Å². The van der Waals surface area contributed by atoms with Gasteiger partial charge in [-0.25, -0.2) is 0 Å². The first-order valence-corrected chi connectivity index (χ1v) is 3.79. The van der Waals surface area contributed by atoms with Gasteiger partial charge < -0.3 is 0 Å². The summed E-state index contributed by atoms with van der Waals surface area (Å²) < 4.78 is 0. The summed E-state index contributed by atoms with van der Waals surface area (Å²) in [5, 5.41) is 20.9. The van der Waals surface area contributed by atoms with Crippen LogP contribution < -0.4 is 0 Å². The molecule has 0 aliphatic rings. The third kappa shape index (κ3) is 1.96. The minimum absolute atomic E-state index is 0.0700. The van der Waals surface area contributed by atoms with Crippen LogP contribution in [0, 0.1) is 27.2 Å². The van der Waals surface area contributed by atoms with E-state index in [0.29, 0.717) is 0 Å². The van der Waals surface area contributed by atoms with Gasteiger partial charge in [0.25, 0.3) is 11.4 Å². The molecule has 0 saturated heterocycles. The van der Waals surface area contributed by atoms with Crippen molar-refractivity contribution < 1.29 is 14.6 Å². The van der Waals surface area contributed by atoms with Crippen LogP contribution in [0.4, 0.5) is 11.4 Å². The van der Waals surface area contributed by atoms with Crippen molar-refractivity contribution in [1.29, 1.82) is 0 Å². The van der Waals surface area contributed by atoms with Crippen molar-refractivity contribution in [2.24, 2.45) is 0 Å². The van der Waals surface area contributed by atoms with E-state index in [0.717, 1.165) is 12.1 Å². The van der Waals surface area contributed by atoms with Crippen molar-refractivity contribution in [3.63, 3.8) is 0 Å². The van der Waals surface area contributed by atoms with E-state index in [4.69, 9.17) is 0 Å². The van der Waals surface area contributed by atoms with E-state index in [-0.39, 0.29) is 11.1 Å². The summed E-state index contributed by atoms with van der Waals surface area (Å²) in [6.45, 7) is 1.34. The molecule has 0 saturated carbocycles. The molecule has 0 fully saturated rings. The molecule has 0 N–H and O–H groups in total. The molecule has 1 radical (unpaired) electrons. The van der Waals surface area contributed by atoms with Crippen molar-refractivity contribution in [2.75, 3.05) is 0 Å². The maximum Gasteiger partial charge on any atom is 0.279 e. The van der Waals surface area contributed by atoms with Crippen molar-refractivity contribution in [1.82, 2.24) is 0 Å². The number of nitrogens with zero attached hydrogens (tertiary/aromatic N) is 2. The fourth-order valence-corrected chi connectivity index (χ4v) is 1.09. The van der Waals surface area contributed by atoms with E-state index in [1.165, 1.54) is 13.2 Å². The Balaban J connectivity index is 3.51. The second-order valence-electron chi connectivity index (χ2n) is 2.75. The zero-order chi connectivity index (χ0) is 11.6. The first-order valence-electron chi connectivity index (χ1n) is 3.79. The van der Waals surface area contributed by atoms with E-state index in [1.807, 2.05) is 0 Å². The van der Waals surface area contributed by atoms with Crippen LogP contribution >= 0.6 is 0 Å². The van der Waals surface area contributed by atoms with E-state index < -0.39 is 21.2 Å². The maximum atomic E-state index is 10.5. The normalized spacial score (nSPS) is 9.67. The predicted molar refractivity (Wildman–Crippen MR) is 49.3 cm³/mol. The first-order chi connectivity index (χ1) is 6.97.